The minimum Gasteiger partial charge on any atom is -0.296 e. The van der Waals surface area contributed by atoms with Crippen molar-refractivity contribution in [3.05, 3.63) is 69.5 Å². The summed E-state index contributed by atoms with van der Waals surface area (Å²) in [6.45, 7) is 0.447. The number of benzene rings is 2. The van der Waals surface area contributed by atoms with E-state index in [1.165, 1.54) is 12.1 Å². The zero-order valence-electron chi connectivity index (χ0n) is 15.1. The Balaban J connectivity index is 1.76. The lowest BCUT2D eigenvalue weighted by atomic mass is 9.94. The molecule has 1 aliphatic heterocycles. The Bertz CT molecular complexity index is 832. The summed E-state index contributed by atoms with van der Waals surface area (Å²) in [7, 11) is 0. The summed E-state index contributed by atoms with van der Waals surface area (Å²) in [5.74, 6) is -3.19. The van der Waals surface area contributed by atoms with Crippen LogP contribution in [0.5, 0.6) is 0 Å². The van der Waals surface area contributed by atoms with Gasteiger partial charge in [-0.05, 0) is 36.2 Å². The minimum absolute atomic E-state index is 0.165. The van der Waals surface area contributed by atoms with Gasteiger partial charge >= 0.3 is 0 Å². The summed E-state index contributed by atoms with van der Waals surface area (Å²) in [5.41, 5.74) is 1.15. The highest BCUT2D eigenvalue weighted by molar-refractivity contribution is 6.43. The van der Waals surface area contributed by atoms with Crippen LogP contribution < -0.4 is 0 Å². The summed E-state index contributed by atoms with van der Waals surface area (Å²) in [4.78, 5) is 14.6. The summed E-state index contributed by atoms with van der Waals surface area (Å²) >= 11 is 12.1. The van der Waals surface area contributed by atoms with E-state index in [-0.39, 0.29) is 55.0 Å². The standard InChI is InChI=1S/C21H20Cl2F3NO/c22-17-3-1-2-16(20(17)23)19(28)9-8-18(14-4-6-15(24)7-5-14)27-12-10-21(25,26)11-13-27/h1-7,18H,8-13H2. The normalized spacial score (nSPS) is 18.0. The minimum atomic E-state index is -2.66. The van der Waals surface area contributed by atoms with Crippen molar-refractivity contribution in [3.63, 3.8) is 0 Å². The van der Waals surface area contributed by atoms with Gasteiger partial charge in [-0.25, -0.2) is 13.2 Å². The van der Waals surface area contributed by atoms with Crippen LogP contribution >= 0.6 is 23.2 Å². The maximum absolute atomic E-state index is 13.6. The van der Waals surface area contributed by atoms with Crippen LogP contribution in [0, 0.1) is 5.82 Å². The molecule has 2 aromatic rings. The molecule has 0 aliphatic carbocycles. The first-order valence-corrected chi connectivity index (χ1v) is 9.87. The van der Waals surface area contributed by atoms with E-state index in [4.69, 9.17) is 23.2 Å². The average molecular weight is 430 g/mol. The molecule has 2 nitrogen and oxygen atoms in total. The third-order valence-electron chi connectivity index (χ3n) is 5.12. The van der Waals surface area contributed by atoms with Gasteiger partial charge in [0.25, 0.3) is 5.92 Å². The number of Topliss-reactive ketones (excluding diaryl/α,β-unsaturated/α-hetero) is 1. The fraction of sp³-hybridized carbons (Fsp3) is 0.381. The van der Waals surface area contributed by atoms with E-state index in [1.807, 2.05) is 4.90 Å². The number of rotatable bonds is 6. The number of likely N-dealkylation sites (tertiary alicyclic amines) is 1. The summed E-state index contributed by atoms with van der Waals surface area (Å²) in [6.07, 6.45) is 0.144. The average Bonchev–Trinajstić information content (AvgIpc) is 2.66. The fourth-order valence-corrected chi connectivity index (χ4v) is 3.94. The zero-order chi connectivity index (χ0) is 20.3. The van der Waals surface area contributed by atoms with Crippen molar-refractivity contribution in [3.8, 4) is 0 Å². The number of carbonyl (C=O) groups is 1. The topological polar surface area (TPSA) is 20.3 Å². The molecule has 3 rings (SSSR count). The molecule has 7 heteroatoms. The van der Waals surface area contributed by atoms with Gasteiger partial charge < -0.3 is 0 Å². The van der Waals surface area contributed by atoms with Gasteiger partial charge in [0.15, 0.2) is 5.78 Å². The Morgan fingerprint density at radius 1 is 1.07 bits per heavy atom. The lowest BCUT2D eigenvalue weighted by Gasteiger charge is -2.37. The Morgan fingerprint density at radius 2 is 1.71 bits per heavy atom. The Morgan fingerprint density at radius 3 is 2.36 bits per heavy atom. The van der Waals surface area contributed by atoms with Crippen molar-refractivity contribution in [2.45, 2.75) is 37.6 Å². The fourth-order valence-electron chi connectivity index (χ4n) is 3.53. The van der Waals surface area contributed by atoms with Crippen LogP contribution in [-0.4, -0.2) is 29.7 Å². The van der Waals surface area contributed by atoms with Gasteiger partial charge in [-0.2, -0.15) is 0 Å². The number of halogens is 5. The number of alkyl halides is 2. The van der Waals surface area contributed by atoms with Gasteiger partial charge in [0.2, 0.25) is 0 Å². The van der Waals surface area contributed by atoms with Crippen LogP contribution in [-0.2, 0) is 0 Å². The maximum atomic E-state index is 13.6. The van der Waals surface area contributed by atoms with E-state index < -0.39 is 5.92 Å². The van der Waals surface area contributed by atoms with Gasteiger partial charge in [-0.1, -0.05) is 41.4 Å². The molecule has 0 spiro atoms. The number of ketones is 1. The highest BCUT2D eigenvalue weighted by atomic mass is 35.5. The lowest BCUT2D eigenvalue weighted by Crippen LogP contribution is -2.41. The Labute approximate surface area is 172 Å². The van der Waals surface area contributed by atoms with Gasteiger partial charge in [0.05, 0.1) is 10.0 Å². The predicted molar refractivity (Wildman–Crippen MR) is 105 cm³/mol. The molecule has 0 radical (unpaired) electrons. The van der Waals surface area contributed by atoms with Gasteiger partial charge in [0, 0.05) is 44.0 Å². The number of carbonyl (C=O) groups excluding carboxylic acids is 1. The van der Waals surface area contributed by atoms with Crippen molar-refractivity contribution in [2.24, 2.45) is 0 Å². The molecule has 28 heavy (non-hydrogen) atoms. The first-order valence-electron chi connectivity index (χ1n) is 9.11. The van der Waals surface area contributed by atoms with Gasteiger partial charge in [-0.15, -0.1) is 0 Å². The largest absolute Gasteiger partial charge is 0.296 e. The molecule has 1 atom stereocenters. The molecule has 1 heterocycles. The quantitative estimate of drug-likeness (QED) is 0.484. The number of nitrogens with zero attached hydrogens (tertiary/aromatic N) is 1. The smallest absolute Gasteiger partial charge is 0.250 e. The second-order valence-electron chi connectivity index (χ2n) is 7.02. The molecule has 0 amide bonds. The molecule has 2 aromatic carbocycles. The molecular weight excluding hydrogens is 410 g/mol. The molecule has 0 N–H and O–H groups in total. The van der Waals surface area contributed by atoms with Crippen LogP contribution in [0.4, 0.5) is 13.2 Å². The molecule has 1 unspecified atom stereocenters. The lowest BCUT2D eigenvalue weighted by molar-refractivity contribution is -0.0640. The van der Waals surface area contributed by atoms with Crippen LogP contribution in [0.15, 0.2) is 42.5 Å². The van der Waals surface area contributed by atoms with Crippen LogP contribution in [0.1, 0.15) is 47.6 Å². The molecule has 0 bridgehead atoms. The van der Waals surface area contributed by atoms with Crippen molar-refractivity contribution < 1.29 is 18.0 Å². The van der Waals surface area contributed by atoms with Crippen LogP contribution in [0.2, 0.25) is 10.0 Å². The van der Waals surface area contributed by atoms with E-state index in [2.05, 4.69) is 0 Å². The molecule has 1 saturated heterocycles. The third-order valence-corrected chi connectivity index (χ3v) is 5.94. The van der Waals surface area contributed by atoms with Crippen molar-refractivity contribution in [1.29, 1.82) is 0 Å². The second-order valence-corrected chi connectivity index (χ2v) is 7.81. The zero-order valence-corrected chi connectivity index (χ0v) is 16.6. The van der Waals surface area contributed by atoms with Gasteiger partial charge in [0.1, 0.15) is 5.82 Å². The van der Waals surface area contributed by atoms with Crippen molar-refractivity contribution >= 4 is 29.0 Å². The SMILES string of the molecule is O=C(CCC(c1ccc(F)cc1)N1CCC(F)(F)CC1)c1cccc(Cl)c1Cl. The first kappa shape index (κ1) is 21.2. The summed E-state index contributed by atoms with van der Waals surface area (Å²) in [5, 5.41) is 0.519. The van der Waals surface area contributed by atoms with Crippen molar-refractivity contribution in [1.82, 2.24) is 4.90 Å². The number of piperidine rings is 1. The van der Waals surface area contributed by atoms with Crippen molar-refractivity contribution in [2.75, 3.05) is 13.1 Å². The Hall–Kier alpha value is -1.56. The summed E-state index contributed by atoms with van der Waals surface area (Å²) < 4.78 is 40.4. The molecule has 150 valence electrons. The van der Waals surface area contributed by atoms with E-state index in [1.54, 1.807) is 30.3 Å². The van der Waals surface area contributed by atoms with Crippen LogP contribution in [0.25, 0.3) is 0 Å². The first-order chi connectivity index (χ1) is 13.3. The second kappa shape index (κ2) is 8.85. The third kappa shape index (κ3) is 5.07. The highest BCUT2D eigenvalue weighted by Gasteiger charge is 2.36. The number of hydrogen-bond acceptors (Lipinski definition) is 2. The molecule has 0 saturated carbocycles. The molecule has 1 fully saturated rings. The van der Waals surface area contributed by atoms with Gasteiger partial charge in [-0.3, -0.25) is 9.69 Å². The summed E-state index contributed by atoms with van der Waals surface area (Å²) in [6, 6.07) is 10.6. The molecular formula is C21H20Cl2F3NO. The number of hydrogen-bond donors (Lipinski definition) is 0. The van der Waals surface area contributed by atoms with E-state index in [0.717, 1.165) is 5.56 Å². The predicted octanol–water partition coefficient (Wildman–Crippen LogP) is 6.57. The van der Waals surface area contributed by atoms with E-state index in [9.17, 15) is 18.0 Å². The molecule has 1 aliphatic rings. The van der Waals surface area contributed by atoms with E-state index in [0.29, 0.717) is 17.0 Å². The highest BCUT2D eigenvalue weighted by Crippen LogP contribution is 2.35. The Kier molecular flexibility index (Phi) is 6.69. The molecule has 0 aromatic heterocycles. The van der Waals surface area contributed by atoms with E-state index >= 15 is 0 Å². The van der Waals surface area contributed by atoms with Crippen LogP contribution in [0.3, 0.4) is 0 Å². The maximum Gasteiger partial charge on any atom is 0.250 e. The monoisotopic (exact) mass is 429 g/mol.